The Morgan fingerprint density at radius 2 is 2.11 bits per heavy atom. The number of carbonyl (C=O) groups excluding carboxylic acids is 1. The van der Waals surface area contributed by atoms with Crippen LogP contribution in [-0.4, -0.2) is 24.4 Å². The highest BCUT2D eigenvalue weighted by Crippen LogP contribution is 2.30. The first-order chi connectivity index (χ1) is 8.76. The second-order valence-electron chi connectivity index (χ2n) is 3.30. The molecule has 0 amide bonds. The molecule has 0 aromatic carbocycles. The summed E-state index contributed by atoms with van der Waals surface area (Å²) in [4.78, 5) is 14.9. The lowest BCUT2D eigenvalue weighted by Gasteiger charge is -2.15. The number of aromatic nitrogens is 1. The fourth-order valence-corrected chi connectivity index (χ4v) is 1.87. The van der Waals surface area contributed by atoms with E-state index in [4.69, 9.17) is 0 Å². The minimum Gasteiger partial charge on any atom is -0.469 e. The first-order valence-corrected chi connectivity index (χ1v) is 5.91. The average Bonchev–Trinajstić information content (AvgIpc) is 2.29. The van der Waals surface area contributed by atoms with Gasteiger partial charge in [-0.2, -0.15) is 0 Å². The monoisotopic (exact) mass is 393 g/mol. The highest BCUT2D eigenvalue weighted by Gasteiger charge is 2.33. The van der Waals surface area contributed by atoms with Gasteiger partial charge in [-0.15, -0.1) is 13.2 Å². The number of halogens is 5. The molecule has 0 saturated carbocycles. The third-order valence-electron chi connectivity index (χ3n) is 2.04. The first kappa shape index (κ1) is 15.9. The van der Waals surface area contributed by atoms with Crippen molar-refractivity contribution in [2.75, 3.05) is 7.11 Å². The number of hydrogen-bond acceptors (Lipinski definition) is 4. The van der Waals surface area contributed by atoms with Gasteiger partial charge in [-0.05, 0) is 22.6 Å². The molecule has 0 saturated heterocycles. The maximum absolute atomic E-state index is 12.8. The molecule has 0 radical (unpaired) electrons. The SMILES string of the molecule is COC(=O)Cc1c(OC(F)(F)F)cc(I)nc1CF. The summed E-state index contributed by atoms with van der Waals surface area (Å²) in [5.41, 5.74) is -0.552. The smallest absolute Gasteiger partial charge is 0.469 e. The summed E-state index contributed by atoms with van der Waals surface area (Å²) in [6, 6.07) is 0.978. The Bertz CT molecular complexity index is 479. The first-order valence-electron chi connectivity index (χ1n) is 4.83. The van der Waals surface area contributed by atoms with Crippen LogP contribution < -0.4 is 4.74 Å². The Balaban J connectivity index is 3.25. The van der Waals surface area contributed by atoms with Crippen molar-refractivity contribution in [3.05, 3.63) is 21.0 Å². The normalized spacial score (nSPS) is 11.3. The Hall–Kier alpha value is -1.13. The molecule has 4 nitrogen and oxygen atoms in total. The van der Waals surface area contributed by atoms with Crippen LogP contribution in [0, 0.1) is 3.70 Å². The molecule has 0 spiro atoms. The van der Waals surface area contributed by atoms with Crippen molar-refractivity contribution in [2.24, 2.45) is 0 Å². The number of alkyl halides is 4. The van der Waals surface area contributed by atoms with Gasteiger partial charge in [0.25, 0.3) is 0 Å². The second-order valence-corrected chi connectivity index (χ2v) is 4.41. The van der Waals surface area contributed by atoms with Crippen molar-refractivity contribution < 1.29 is 31.8 Å². The quantitative estimate of drug-likeness (QED) is 0.342. The Morgan fingerprint density at radius 3 is 2.58 bits per heavy atom. The van der Waals surface area contributed by atoms with Gasteiger partial charge >= 0.3 is 12.3 Å². The zero-order chi connectivity index (χ0) is 14.6. The number of nitrogens with zero attached hydrogens (tertiary/aromatic N) is 1. The molecule has 106 valence electrons. The maximum Gasteiger partial charge on any atom is 0.573 e. The van der Waals surface area contributed by atoms with E-state index in [1.54, 1.807) is 22.6 Å². The van der Waals surface area contributed by atoms with E-state index >= 15 is 0 Å². The van der Waals surface area contributed by atoms with Gasteiger partial charge in [0.05, 0.1) is 19.2 Å². The van der Waals surface area contributed by atoms with Gasteiger partial charge in [0.2, 0.25) is 0 Å². The molecule has 0 N–H and O–H groups in total. The van der Waals surface area contributed by atoms with E-state index in [2.05, 4.69) is 14.5 Å². The van der Waals surface area contributed by atoms with Crippen LogP contribution in [0.25, 0.3) is 0 Å². The van der Waals surface area contributed by atoms with Crippen LogP contribution >= 0.6 is 22.6 Å². The minimum absolute atomic E-state index is 0.123. The van der Waals surface area contributed by atoms with Gasteiger partial charge in [-0.25, -0.2) is 9.37 Å². The van der Waals surface area contributed by atoms with Crippen molar-refractivity contribution in [3.63, 3.8) is 0 Å². The molecule has 9 heteroatoms. The Labute approximate surface area is 119 Å². The molecule has 0 atom stereocenters. The lowest BCUT2D eigenvalue weighted by molar-refractivity contribution is -0.275. The van der Waals surface area contributed by atoms with Gasteiger partial charge < -0.3 is 9.47 Å². The second kappa shape index (κ2) is 6.35. The molecule has 1 rings (SSSR count). The fraction of sp³-hybridized carbons (Fsp3) is 0.400. The van der Waals surface area contributed by atoms with Crippen LogP contribution in [0.1, 0.15) is 11.3 Å². The van der Waals surface area contributed by atoms with E-state index < -0.39 is 31.2 Å². The van der Waals surface area contributed by atoms with Crippen molar-refractivity contribution in [3.8, 4) is 5.75 Å². The van der Waals surface area contributed by atoms with Crippen LogP contribution in [0.2, 0.25) is 0 Å². The summed E-state index contributed by atoms with van der Waals surface area (Å²) in [7, 11) is 1.07. The number of carbonyl (C=O) groups is 1. The maximum atomic E-state index is 12.8. The summed E-state index contributed by atoms with van der Waals surface area (Å²) >= 11 is 1.62. The molecule has 0 aliphatic carbocycles. The predicted molar refractivity (Wildman–Crippen MR) is 64.2 cm³/mol. The third kappa shape index (κ3) is 4.80. The predicted octanol–water partition coefficient (Wildman–Crippen LogP) is 2.77. The zero-order valence-corrected chi connectivity index (χ0v) is 11.7. The highest BCUT2D eigenvalue weighted by molar-refractivity contribution is 14.1. The van der Waals surface area contributed by atoms with Crippen LogP contribution in [0.5, 0.6) is 5.75 Å². The average molecular weight is 393 g/mol. The molecule has 0 unspecified atom stereocenters. The van der Waals surface area contributed by atoms with Gasteiger partial charge in [-0.1, -0.05) is 0 Å². The lowest BCUT2D eigenvalue weighted by Crippen LogP contribution is -2.20. The topological polar surface area (TPSA) is 48.4 Å². The number of pyridine rings is 1. The highest BCUT2D eigenvalue weighted by atomic mass is 127. The minimum atomic E-state index is -4.94. The molecular formula is C10H8F4INO3. The number of hydrogen-bond donors (Lipinski definition) is 0. The van der Waals surface area contributed by atoms with E-state index in [0.717, 1.165) is 13.2 Å². The summed E-state index contributed by atoms with van der Waals surface area (Å²) < 4.78 is 57.8. The van der Waals surface area contributed by atoms with Crippen molar-refractivity contribution >= 4 is 28.6 Å². The molecule has 1 aromatic rings. The fourth-order valence-electron chi connectivity index (χ4n) is 1.30. The molecule has 0 aliphatic heterocycles. The van der Waals surface area contributed by atoms with E-state index in [1.165, 1.54) is 0 Å². The van der Waals surface area contributed by atoms with Crippen LogP contribution in [0.15, 0.2) is 6.07 Å². The molecule has 1 heterocycles. The summed E-state index contributed by atoms with van der Waals surface area (Å²) in [5.74, 6) is -1.46. The van der Waals surface area contributed by atoms with E-state index in [9.17, 15) is 22.4 Å². The number of rotatable bonds is 4. The van der Waals surface area contributed by atoms with Crippen LogP contribution in [-0.2, 0) is 22.6 Å². The molecule has 1 aromatic heterocycles. The molecular weight excluding hydrogens is 385 g/mol. The van der Waals surface area contributed by atoms with Crippen LogP contribution in [0.3, 0.4) is 0 Å². The van der Waals surface area contributed by atoms with E-state index in [-0.39, 0.29) is 15.0 Å². The number of methoxy groups -OCH3 is 1. The zero-order valence-electron chi connectivity index (χ0n) is 9.55. The van der Waals surface area contributed by atoms with Gasteiger partial charge in [-0.3, -0.25) is 4.79 Å². The standard InChI is InChI=1S/C10H8F4INO3/c1-18-9(17)2-5-6(4-11)16-8(15)3-7(5)19-10(12,13)14/h3H,2,4H2,1H3. The molecule has 0 aliphatic rings. The third-order valence-corrected chi connectivity index (χ3v) is 2.59. The van der Waals surface area contributed by atoms with E-state index in [1.807, 2.05) is 0 Å². The summed E-state index contributed by atoms with van der Waals surface area (Å²) in [6.45, 7) is -1.11. The summed E-state index contributed by atoms with van der Waals surface area (Å²) in [5, 5.41) is 0. The Morgan fingerprint density at radius 1 is 1.47 bits per heavy atom. The molecule has 0 fully saturated rings. The van der Waals surface area contributed by atoms with Crippen LogP contribution in [0.4, 0.5) is 17.6 Å². The number of ether oxygens (including phenoxy) is 2. The van der Waals surface area contributed by atoms with Crippen molar-refractivity contribution in [1.29, 1.82) is 0 Å². The van der Waals surface area contributed by atoms with Crippen molar-refractivity contribution in [2.45, 2.75) is 19.5 Å². The van der Waals surface area contributed by atoms with Gasteiger partial charge in [0, 0.05) is 11.6 Å². The Kier molecular flexibility index (Phi) is 5.32. The van der Waals surface area contributed by atoms with E-state index in [0.29, 0.717) is 0 Å². The van der Waals surface area contributed by atoms with Gasteiger partial charge in [0.15, 0.2) is 0 Å². The lowest BCUT2D eigenvalue weighted by atomic mass is 10.1. The summed E-state index contributed by atoms with van der Waals surface area (Å²) in [6.07, 6.45) is -5.49. The number of esters is 1. The molecule has 0 bridgehead atoms. The largest absolute Gasteiger partial charge is 0.573 e. The van der Waals surface area contributed by atoms with Crippen molar-refractivity contribution in [1.82, 2.24) is 4.98 Å². The van der Waals surface area contributed by atoms with Gasteiger partial charge in [0.1, 0.15) is 16.1 Å². The molecule has 19 heavy (non-hydrogen) atoms.